The van der Waals surface area contributed by atoms with E-state index in [-0.39, 0.29) is 0 Å². The molecule has 6 nitrogen and oxygen atoms in total. The van der Waals surface area contributed by atoms with Crippen LogP contribution in [0.4, 0.5) is 0 Å². The van der Waals surface area contributed by atoms with Crippen molar-refractivity contribution in [1.29, 1.82) is 0 Å². The van der Waals surface area contributed by atoms with Crippen LogP contribution in [0.3, 0.4) is 0 Å². The molecule has 0 amide bonds. The molecule has 0 saturated carbocycles. The van der Waals surface area contributed by atoms with Gasteiger partial charge in [0.25, 0.3) is 0 Å². The van der Waals surface area contributed by atoms with Crippen LogP contribution in [-0.2, 0) is 11.3 Å². The second-order valence-corrected chi connectivity index (χ2v) is 4.62. The molecule has 0 spiro atoms. The van der Waals surface area contributed by atoms with E-state index in [1.807, 2.05) is 6.92 Å². The molecular formula is C10H19N5OS. The SMILES string of the molecule is C=C(C)CSc1nnnn1CCNCCOC. The smallest absolute Gasteiger partial charge is 0.209 e. The van der Waals surface area contributed by atoms with E-state index < -0.39 is 0 Å². The predicted octanol–water partition coefficient (Wildman–Crippen LogP) is 0.577. The van der Waals surface area contributed by atoms with E-state index in [2.05, 4.69) is 27.4 Å². The van der Waals surface area contributed by atoms with Crippen LogP contribution in [0.5, 0.6) is 0 Å². The summed E-state index contributed by atoms with van der Waals surface area (Å²) in [5.41, 5.74) is 1.11. The molecule has 1 rings (SSSR count). The Labute approximate surface area is 106 Å². The minimum atomic E-state index is 0.715. The molecule has 0 aromatic carbocycles. The zero-order valence-corrected chi connectivity index (χ0v) is 11.2. The molecule has 0 saturated heterocycles. The third kappa shape index (κ3) is 5.81. The highest BCUT2D eigenvalue weighted by Crippen LogP contribution is 2.15. The summed E-state index contributed by atoms with van der Waals surface area (Å²) in [6.07, 6.45) is 0. The van der Waals surface area contributed by atoms with Gasteiger partial charge in [0, 0.05) is 26.0 Å². The van der Waals surface area contributed by atoms with Crippen LogP contribution in [0, 0.1) is 0 Å². The number of nitrogens with zero attached hydrogens (tertiary/aromatic N) is 4. The van der Waals surface area contributed by atoms with Crippen LogP contribution < -0.4 is 5.32 Å². The zero-order chi connectivity index (χ0) is 12.5. The third-order valence-corrected chi connectivity index (χ3v) is 3.12. The quantitative estimate of drug-likeness (QED) is 0.396. The minimum Gasteiger partial charge on any atom is -0.383 e. The Hall–Kier alpha value is -0.920. The van der Waals surface area contributed by atoms with Gasteiger partial charge in [0.1, 0.15) is 0 Å². The molecule has 0 atom stereocenters. The van der Waals surface area contributed by atoms with Gasteiger partial charge in [0.05, 0.1) is 13.2 Å². The van der Waals surface area contributed by atoms with Crippen molar-refractivity contribution in [1.82, 2.24) is 25.5 Å². The van der Waals surface area contributed by atoms with Crippen molar-refractivity contribution >= 4 is 11.8 Å². The lowest BCUT2D eigenvalue weighted by atomic mass is 10.4. The number of thioether (sulfide) groups is 1. The van der Waals surface area contributed by atoms with Gasteiger partial charge >= 0.3 is 0 Å². The Bertz CT molecular complexity index is 341. The summed E-state index contributed by atoms with van der Waals surface area (Å²) < 4.78 is 6.74. The molecule has 17 heavy (non-hydrogen) atoms. The van der Waals surface area contributed by atoms with E-state index in [1.54, 1.807) is 23.6 Å². The molecule has 0 bridgehead atoms. The lowest BCUT2D eigenvalue weighted by Crippen LogP contribution is -2.24. The number of methoxy groups -OCH3 is 1. The summed E-state index contributed by atoms with van der Waals surface area (Å²) in [5.74, 6) is 0.845. The Morgan fingerprint density at radius 1 is 1.53 bits per heavy atom. The Kier molecular flexibility index (Phi) is 6.83. The largest absolute Gasteiger partial charge is 0.383 e. The van der Waals surface area contributed by atoms with Crippen molar-refractivity contribution in [3.05, 3.63) is 12.2 Å². The zero-order valence-electron chi connectivity index (χ0n) is 10.3. The molecular weight excluding hydrogens is 238 g/mol. The lowest BCUT2D eigenvalue weighted by Gasteiger charge is -2.05. The van der Waals surface area contributed by atoms with E-state index in [4.69, 9.17) is 4.74 Å². The summed E-state index contributed by atoms with van der Waals surface area (Å²) >= 11 is 1.60. The van der Waals surface area contributed by atoms with Crippen molar-refractivity contribution in [2.24, 2.45) is 0 Å². The van der Waals surface area contributed by atoms with E-state index in [9.17, 15) is 0 Å². The highest BCUT2D eigenvalue weighted by Gasteiger charge is 2.05. The molecule has 96 valence electrons. The fourth-order valence-corrected chi connectivity index (χ4v) is 1.86. The van der Waals surface area contributed by atoms with Crippen molar-refractivity contribution in [3.8, 4) is 0 Å². The molecule has 1 N–H and O–H groups in total. The molecule has 0 aliphatic carbocycles. The Balaban J connectivity index is 2.27. The number of nitrogens with one attached hydrogen (secondary N) is 1. The summed E-state index contributed by atoms with van der Waals surface area (Å²) in [6, 6.07) is 0. The van der Waals surface area contributed by atoms with Crippen LogP contribution in [0.25, 0.3) is 0 Å². The normalized spacial score (nSPS) is 10.7. The Morgan fingerprint density at radius 2 is 2.35 bits per heavy atom. The first-order valence-electron chi connectivity index (χ1n) is 5.47. The van der Waals surface area contributed by atoms with Crippen LogP contribution in [0.2, 0.25) is 0 Å². The second kappa shape index (κ2) is 8.21. The van der Waals surface area contributed by atoms with Crippen molar-refractivity contribution < 1.29 is 4.74 Å². The second-order valence-electron chi connectivity index (χ2n) is 3.67. The summed E-state index contributed by atoms with van der Waals surface area (Å²) in [4.78, 5) is 0. The monoisotopic (exact) mass is 257 g/mol. The number of tetrazole rings is 1. The average Bonchev–Trinajstić information content (AvgIpc) is 2.73. The molecule has 0 aliphatic rings. The van der Waals surface area contributed by atoms with Crippen molar-refractivity contribution in [2.45, 2.75) is 18.6 Å². The van der Waals surface area contributed by atoms with Gasteiger partial charge in [-0.15, -0.1) is 5.10 Å². The molecule has 0 radical (unpaired) electrons. The fourth-order valence-electron chi connectivity index (χ4n) is 1.11. The number of hydrogen-bond acceptors (Lipinski definition) is 6. The number of hydrogen-bond donors (Lipinski definition) is 1. The molecule has 7 heteroatoms. The predicted molar refractivity (Wildman–Crippen MR) is 68.1 cm³/mol. The molecule has 1 aromatic heterocycles. The average molecular weight is 257 g/mol. The van der Waals surface area contributed by atoms with Gasteiger partial charge < -0.3 is 10.1 Å². The summed E-state index contributed by atoms with van der Waals surface area (Å²) in [5, 5.41) is 15.7. The Morgan fingerprint density at radius 3 is 3.06 bits per heavy atom. The van der Waals surface area contributed by atoms with Crippen LogP contribution >= 0.6 is 11.8 Å². The molecule has 0 fully saturated rings. The highest BCUT2D eigenvalue weighted by molar-refractivity contribution is 7.99. The van der Waals surface area contributed by atoms with Crippen LogP contribution in [-0.4, -0.2) is 52.8 Å². The van der Waals surface area contributed by atoms with Gasteiger partial charge in [-0.25, -0.2) is 4.68 Å². The maximum atomic E-state index is 4.94. The van der Waals surface area contributed by atoms with E-state index in [0.717, 1.165) is 36.1 Å². The van der Waals surface area contributed by atoms with E-state index in [1.165, 1.54) is 0 Å². The first-order valence-corrected chi connectivity index (χ1v) is 6.45. The molecule has 0 aliphatic heterocycles. The van der Waals surface area contributed by atoms with Gasteiger partial charge in [0.2, 0.25) is 5.16 Å². The summed E-state index contributed by atoms with van der Waals surface area (Å²) in [7, 11) is 1.69. The van der Waals surface area contributed by atoms with Gasteiger partial charge in [-0.2, -0.15) is 0 Å². The number of aromatic nitrogens is 4. The van der Waals surface area contributed by atoms with Crippen molar-refractivity contribution in [2.75, 3.05) is 32.6 Å². The minimum absolute atomic E-state index is 0.715. The van der Waals surface area contributed by atoms with Gasteiger partial charge in [0.15, 0.2) is 0 Å². The maximum Gasteiger partial charge on any atom is 0.209 e. The number of rotatable bonds is 9. The molecule has 0 unspecified atom stereocenters. The van der Waals surface area contributed by atoms with Crippen LogP contribution in [0.1, 0.15) is 6.92 Å². The van der Waals surface area contributed by atoms with Gasteiger partial charge in [-0.3, -0.25) is 0 Å². The maximum absolute atomic E-state index is 4.94. The first-order chi connectivity index (χ1) is 8.24. The fraction of sp³-hybridized carbons (Fsp3) is 0.700. The lowest BCUT2D eigenvalue weighted by molar-refractivity contribution is 0.199. The molecule has 1 aromatic rings. The van der Waals surface area contributed by atoms with E-state index >= 15 is 0 Å². The van der Waals surface area contributed by atoms with Gasteiger partial charge in [-0.05, 0) is 17.4 Å². The van der Waals surface area contributed by atoms with E-state index in [0.29, 0.717) is 6.61 Å². The number of ether oxygens (including phenoxy) is 1. The first kappa shape index (κ1) is 14.1. The van der Waals surface area contributed by atoms with Crippen LogP contribution in [0.15, 0.2) is 17.3 Å². The summed E-state index contributed by atoms with van der Waals surface area (Å²) in [6.45, 7) is 8.99. The molecule has 1 heterocycles. The highest BCUT2D eigenvalue weighted by atomic mass is 32.2. The van der Waals surface area contributed by atoms with Gasteiger partial charge in [-0.1, -0.05) is 23.9 Å². The van der Waals surface area contributed by atoms with Crippen molar-refractivity contribution in [3.63, 3.8) is 0 Å². The third-order valence-electron chi connectivity index (χ3n) is 1.93. The topological polar surface area (TPSA) is 64.9 Å². The standard InChI is InChI=1S/C10H19N5OS/c1-9(2)8-17-10-12-13-14-15(10)6-4-11-5-7-16-3/h11H,1,4-8H2,2-3H3.